The van der Waals surface area contributed by atoms with E-state index >= 15 is 0 Å². The van der Waals surface area contributed by atoms with E-state index in [1.165, 1.54) is 0 Å². The number of nitriles is 1. The second-order valence-corrected chi connectivity index (χ2v) is 3.59. The highest BCUT2D eigenvalue weighted by atomic mass is 16.1. The predicted molar refractivity (Wildman–Crippen MR) is 50.9 cm³/mol. The lowest BCUT2D eigenvalue weighted by Gasteiger charge is -2.10. The van der Waals surface area contributed by atoms with Gasteiger partial charge < -0.3 is 0 Å². The van der Waals surface area contributed by atoms with Crippen LogP contribution in [-0.4, -0.2) is 5.78 Å². The molecular weight excluding hydrogens is 162 g/mol. The summed E-state index contributed by atoms with van der Waals surface area (Å²) in [5.74, 6) is 0.147. The zero-order chi connectivity index (χ0) is 9.68. The molecule has 1 aliphatic carbocycles. The number of allylic oxidation sites excluding steroid dienone is 1. The van der Waals surface area contributed by atoms with Gasteiger partial charge in [0, 0.05) is 6.42 Å². The molecule has 1 rings (SSSR count). The van der Waals surface area contributed by atoms with Crippen LogP contribution in [0.2, 0.25) is 0 Å². The van der Waals surface area contributed by atoms with Gasteiger partial charge in [-0.25, -0.2) is 0 Å². The van der Waals surface area contributed by atoms with Crippen LogP contribution in [0.15, 0.2) is 12.7 Å². The van der Waals surface area contributed by atoms with Crippen molar-refractivity contribution in [3.8, 4) is 6.07 Å². The van der Waals surface area contributed by atoms with Gasteiger partial charge in [-0.05, 0) is 31.6 Å². The van der Waals surface area contributed by atoms with Gasteiger partial charge in [0.2, 0.25) is 0 Å². The van der Waals surface area contributed by atoms with Crippen LogP contribution in [0.5, 0.6) is 0 Å². The van der Waals surface area contributed by atoms with E-state index in [-0.39, 0.29) is 11.7 Å². The lowest BCUT2D eigenvalue weighted by Crippen LogP contribution is -2.12. The third-order valence-corrected chi connectivity index (χ3v) is 2.70. The Bertz CT molecular complexity index is 239. The third kappa shape index (κ3) is 2.42. The first-order valence-corrected chi connectivity index (χ1v) is 4.82. The highest BCUT2D eigenvalue weighted by Crippen LogP contribution is 2.32. The Morgan fingerprint density at radius 3 is 3.08 bits per heavy atom. The number of Topliss-reactive ketones (excluding diaryl/α,β-unsaturated/α-hetero) is 1. The van der Waals surface area contributed by atoms with Gasteiger partial charge in [0.1, 0.15) is 11.7 Å². The van der Waals surface area contributed by atoms with E-state index in [4.69, 9.17) is 5.26 Å². The van der Waals surface area contributed by atoms with Gasteiger partial charge in [0.05, 0.1) is 6.07 Å². The monoisotopic (exact) mass is 177 g/mol. The molecule has 2 heteroatoms. The van der Waals surface area contributed by atoms with Gasteiger partial charge in [-0.15, -0.1) is 6.58 Å². The molecule has 70 valence electrons. The SMILES string of the molecule is C=CCCCC1CCC(=O)C1C#N. The van der Waals surface area contributed by atoms with E-state index in [0.717, 1.165) is 25.7 Å². The Hall–Kier alpha value is -1.10. The molecule has 0 aromatic carbocycles. The second kappa shape index (κ2) is 4.81. The molecule has 0 aliphatic heterocycles. The topological polar surface area (TPSA) is 40.9 Å². The number of rotatable bonds is 4. The molecule has 0 heterocycles. The maximum atomic E-state index is 11.2. The summed E-state index contributed by atoms with van der Waals surface area (Å²) >= 11 is 0. The summed E-state index contributed by atoms with van der Waals surface area (Å²) in [6.45, 7) is 3.65. The first-order valence-electron chi connectivity index (χ1n) is 4.82. The fraction of sp³-hybridized carbons (Fsp3) is 0.636. The molecular formula is C11H15NO. The Balaban J connectivity index is 2.38. The summed E-state index contributed by atoms with van der Waals surface area (Å²) in [6.07, 6.45) is 6.45. The van der Waals surface area contributed by atoms with Crippen LogP contribution >= 0.6 is 0 Å². The summed E-state index contributed by atoms with van der Waals surface area (Å²) in [6, 6.07) is 2.12. The Kier molecular flexibility index (Phi) is 3.70. The lowest BCUT2D eigenvalue weighted by atomic mass is 9.92. The molecule has 2 nitrogen and oxygen atoms in total. The summed E-state index contributed by atoms with van der Waals surface area (Å²) < 4.78 is 0. The van der Waals surface area contributed by atoms with Crippen molar-refractivity contribution in [1.82, 2.24) is 0 Å². The maximum Gasteiger partial charge on any atom is 0.150 e. The van der Waals surface area contributed by atoms with Crippen LogP contribution in [0.3, 0.4) is 0 Å². The Morgan fingerprint density at radius 1 is 1.69 bits per heavy atom. The molecule has 0 amide bonds. The quantitative estimate of drug-likeness (QED) is 0.489. The van der Waals surface area contributed by atoms with Crippen LogP contribution < -0.4 is 0 Å². The van der Waals surface area contributed by atoms with E-state index < -0.39 is 0 Å². The highest BCUT2D eigenvalue weighted by molar-refractivity contribution is 5.85. The average Bonchev–Trinajstić information content (AvgIpc) is 2.47. The number of carbonyl (C=O) groups excluding carboxylic acids is 1. The van der Waals surface area contributed by atoms with E-state index in [0.29, 0.717) is 12.3 Å². The summed E-state index contributed by atoms with van der Waals surface area (Å²) in [5.41, 5.74) is 0. The molecule has 2 atom stereocenters. The number of hydrogen-bond donors (Lipinski definition) is 0. The number of nitrogens with zero attached hydrogens (tertiary/aromatic N) is 1. The molecule has 0 radical (unpaired) electrons. The minimum Gasteiger partial charge on any atom is -0.298 e. The van der Waals surface area contributed by atoms with Gasteiger partial charge in [-0.2, -0.15) is 5.26 Å². The zero-order valence-corrected chi connectivity index (χ0v) is 7.83. The third-order valence-electron chi connectivity index (χ3n) is 2.70. The smallest absolute Gasteiger partial charge is 0.150 e. The fourth-order valence-corrected chi connectivity index (χ4v) is 1.93. The molecule has 0 aromatic heterocycles. The predicted octanol–water partition coefficient (Wildman–Crippen LogP) is 2.46. The average molecular weight is 177 g/mol. The molecule has 0 N–H and O–H groups in total. The minimum absolute atomic E-state index is 0.145. The van der Waals surface area contributed by atoms with Crippen LogP contribution in [0, 0.1) is 23.2 Å². The van der Waals surface area contributed by atoms with Crippen LogP contribution in [-0.2, 0) is 4.79 Å². The second-order valence-electron chi connectivity index (χ2n) is 3.59. The number of carbonyl (C=O) groups is 1. The van der Waals surface area contributed by atoms with Gasteiger partial charge in [0.15, 0.2) is 0 Å². The number of hydrogen-bond acceptors (Lipinski definition) is 2. The minimum atomic E-state index is -0.315. The molecule has 13 heavy (non-hydrogen) atoms. The van der Waals surface area contributed by atoms with Crippen LogP contribution in [0.1, 0.15) is 32.1 Å². The van der Waals surface area contributed by atoms with E-state index in [2.05, 4.69) is 12.6 Å². The normalized spacial score (nSPS) is 27.2. The first kappa shape index (κ1) is 9.98. The van der Waals surface area contributed by atoms with E-state index in [9.17, 15) is 4.79 Å². The zero-order valence-electron chi connectivity index (χ0n) is 7.83. The van der Waals surface area contributed by atoms with Crippen molar-refractivity contribution in [2.24, 2.45) is 11.8 Å². The fourth-order valence-electron chi connectivity index (χ4n) is 1.93. The highest BCUT2D eigenvalue weighted by Gasteiger charge is 2.33. The van der Waals surface area contributed by atoms with Crippen molar-refractivity contribution in [1.29, 1.82) is 5.26 Å². The van der Waals surface area contributed by atoms with Crippen LogP contribution in [0.4, 0.5) is 0 Å². The molecule has 0 aromatic rings. The number of ketones is 1. The standard InChI is InChI=1S/C11H15NO/c1-2-3-4-5-9-6-7-11(13)10(9)8-12/h2,9-10H,1,3-7H2. The maximum absolute atomic E-state index is 11.2. The molecule has 0 spiro atoms. The van der Waals surface area contributed by atoms with Gasteiger partial charge >= 0.3 is 0 Å². The van der Waals surface area contributed by atoms with Crippen molar-refractivity contribution in [2.75, 3.05) is 0 Å². The molecule has 2 unspecified atom stereocenters. The van der Waals surface area contributed by atoms with Gasteiger partial charge in [0.25, 0.3) is 0 Å². The summed E-state index contributed by atoms with van der Waals surface area (Å²) in [7, 11) is 0. The molecule has 1 aliphatic rings. The molecule has 1 saturated carbocycles. The van der Waals surface area contributed by atoms with Gasteiger partial charge in [-0.1, -0.05) is 6.08 Å². The van der Waals surface area contributed by atoms with Crippen molar-refractivity contribution >= 4 is 5.78 Å². The first-order chi connectivity index (χ1) is 6.29. The largest absolute Gasteiger partial charge is 0.298 e. The van der Waals surface area contributed by atoms with E-state index in [1.807, 2.05) is 6.08 Å². The van der Waals surface area contributed by atoms with Gasteiger partial charge in [-0.3, -0.25) is 4.79 Å². The summed E-state index contributed by atoms with van der Waals surface area (Å²) in [5, 5.41) is 8.77. The molecule has 0 saturated heterocycles. The lowest BCUT2D eigenvalue weighted by molar-refractivity contribution is -0.119. The van der Waals surface area contributed by atoms with Crippen molar-refractivity contribution < 1.29 is 4.79 Å². The summed E-state index contributed by atoms with van der Waals surface area (Å²) in [4.78, 5) is 11.2. The van der Waals surface area contributed by atoms with Crippen molar-refractivity contribution in [3.63, 3.8) is 0 Å². The van der Waals surface area contributed by atoms with Crippen molar-refractivity contribution in [2.45, 2.75) is 32.1 Å². The van der Waals surface area contributed by atoms with Crippen LogP contribution in [0.25, 0.3) is 0 Å². The Morgan fingerprint density at radius 2 is 2.46 bits per heavy atom. The Labute approximate surface area is 79.2 Å². The van der Waals surface area contributed by atoms with Crippen molar-refractivity contribution in [3.05, 3.63) is 12.7 Å². The molecule has 0 bridgehead atoms. The molecule has 1 fully saturated rings. The number of unbranched alkanes of at least 4 members (excludes halogenated alkanes) is 1. The van der Waals surface area contributed by atoms with E-state index in [1.54, 1.807) is 0 Å².